The molecule has 1 N–H and O–H groups in total. The van der Waals surface area contributed by atoms with E-state index in [0.29, 0.717) is 20.3 Å². The van der Waals surface area contributed by atoms with Gasteiger partial charge in [-0.1, -0.05) is 23.2 Å². The molecule has 1 amide bonds. The Kier molecular flexibility index (Phi) is 6.21. The van der Waals surface area contributed by atoms with Crippen LogP contribution >= 0.6 is 46.9 Å². The molecule has 1 aromatic rings. The molecule has 0 unspecified atom stereocenters. The molecule has 1 aliphatic carbocycles. The van der Waals surface area contributed by atoms with E-state index in [9.17, 15) is 4.79 Å². The summed E-state index contributed by atoms with van der Waals surface area (Å²) in [5.41, 5.74) is 0.547. The fourth-order valence-electron chi connectivity index (χ4n) is 2.60. The molecule has 1 aromatic heterocycles. The van der Waals surface area contributed by atoms with E-state index in [4.69, 9.17) is 23.2 Å². The molecule has 7 heteroatoms. The molecule has 1 aliphatic heterocycles. The highest BCUT2D eigenvalue weighted by atomic mass is 35.5. The summed E-state index contributed by atoms with van der Waals surface area (Å²) in [5, 5.41) is 3.62. The number of hydrogen-bond acceptors (Lipinski definition) is 3. The Morgan fingerprint density at radius 2 is 1.95 bits per heavy atom. The lowest BCUT2D eigenvalue weighted by atomic mass is 10.0. The minimum atomic E-state index is 0. The topological polar surface area (TPSA) is 32.3 Å². The standard InChI is InChI=1S/C14H18Cl2N2OS.ClH/c15-12-7-11(13(16)20-12)14(19)18-5-3-10(4-6-18)17-8-9-1-2-9;/h7,9-10,17H,1-6,8H2;1H. The molecular formula is C14H19Cl3N2OS. The number of carbonyl (C=O) groups is 1. The van der Waals surface area contributed by atoms with E-state index in [1.54, 1.807) is 6.07 Å². The lowest BCUT2D eigenvalue weighted by molar-refractivity contribution is 0.0705. The van der Waals surface area contributed by atoms with Crippen molar-refractivity contribution in [2.75, 3.05) is 19.6 Å². The largest absolute Gasteiger partial charge is 0.338 e. The molecular weight excluding hydrogens is 351 g/mol. The lowest BCUT2D eigenvalue weighted by Crippen LogP contribution is -2.45. The average molecular weight is 370 g/mol. The van der Waals surface area contributed by atoms with Crippen LogP contribution < -0.4 is 5.32 Å². The van der Waals surface area contributed by atoms with Crippen molar-refractivity contribution in [1.82, 2.24) is 10.2 Å². The summed E-state index contributed by atoms with van der Waals surface area (Å²) in [6.07, 6.45) is 4.80. The molecule has 0 aromatic carbocycles. The van der Waals surface area contributed by atoms with Gasteiger partial charge in [-0.15, -0.1) is 23.7 Å². The number of carbonyl (C=O) groups excluding carboxylic acids is 1. The first-order chi connectivity index (χ1) is 9.63. The minimum Gasteiger partial charge on any atom is -0.338 e. The van der Waals surface area contributed by atoms with E-state index in [1.165, 1.54) is 24.2 Å². The van der Waals surface area contributed by atoms with Crippen molar-refractivity contribution in [3.8, 4) is 0 Å². The van der Waals surface area contributed by atoms with Gasteiger partial charge in [0.15, 0.2) is 0 Å². The third-order valence-electron chi connectivity index (χ3n) is 4.06. The van der Waals surface area contributed by atoms with Crippen LogP contribution in [0.4, 0.5) is 0 Å². The summed E-state index contributed by atoms with van der Waals surface area (Å²) in [6.45, 7) is 2.74. The van der Waals surface area contributed by atoms with Crippen molar-refractivity contribution in [2.45, 2.75) is 31.7 Å². The zero-order valence-corrected chi connectivity index (χ0v) is 14.8. The number of nitrogens with zero attached hydrogens (tertiary/aromatic N) is 1. The molecule has 0 atom stereocenters. The number of halogens is 3. The van der Waals surface area contributed by atoms with Crippen LogP contribution in [-0.4, -0.2) is 36.5 Å². The number of nitrogens with one attached hydrogen (secondary N) is 1. The van der Waals surface area contributed by atoms with E-state index < -0.39 is 0 Å². The number of amides is 1. The van der Waals surface area contributed by atoms with Crippen molar-refractivity contribution in [3.05, 3.63) is 20.3 Å². The Morgan fingerprint density at radius 3 is 2.48 bits per heavy atom. The van der Waals surface area contributed by atoms with Crippen molar-refractivity contribution in [2.24, 2.45) is 5.92 Å². The zero-order chi connectivity index (χ0) is 14.1. The molecule has 2 aliphatic rings. The highest BCUT2D eigenvalue weighted by Crippen LogP contribution is 2.32. The molecule has 21 heavy (non-hydrogen) atoms. The van der Waals surface area contributed by atoms with Gasteiger partial charge in [-0.25, -0.2) is 0 Å². The number of rotatable bonds is 4. The third-order valence-corrected chi connectivity index (χ3v) is 5.55. The molecule has 2 heterocycles. The van der Waals surface area contributed by atoms with Crippen LogP contribution in [0.5, 0.6) is 0 Å². The van der Waals surface area contributed by atoms with E-state index in [2.05, 4.69) is 5.32 Å². The molecule has 3 nitrogen and oxygen atoms in total. The van der Waals surface area contributed by atoms with Gasteiger partial charge < -0.3 is 10.2 Å². The molecule has 0 bridgehead atoms. The fraction of sp³-hybridized carbons (Fsp3) is 0.643. The van der Waals surface area contributed by atoms with Gasteiger partial charge in [0.05, 0.1) is 9.90 Å². The highest BCUT2D eigenvalue weighted by Gasteiger charge is 2.27. The minimum absolute atomic E-state index is 0. The van der Waals surface area contributed by atoms with Crippen molar-refractivity contribution in [3.63, 3.8) is 0 Å². The second-order valence-electron chi connectivity index (χ2n) is 5.66. The smallest absolute Gasteiger partial charge is 0.256 e. The Balaban J connectivity index is 0.00000161. The van der Waals surface area contributed by atoms with Crippen LogP contribution in [0.25, 0.3) is 0 Å². The maximum Gasteiger partial charge on any atom is 0.256 e. The molecule has 1 saturated carbocycles. The zero-order valence-electron chi connectivity index (χ0n) is 11.6. The van der Waals surface area contributed by atoms with Crippen LogP contribution in [0.1, 0.15) is 36.0 Å². The third kappa shape index (κ3) is 4.49. The van der Waals surface area contributed by atoms with Crippen LogP contribution in [0.3, 0.4) is 0 Å². The lowest BCUT2D eigenvalue weighted by Gasteiger charge is -2.32. The van der Waals surface area contributed by atoms with E-state index in [0.717, 1.165) is 38.4 Å². The summed E-state index contributed by atoms with van der Waals surface area (Å²) in [6, 6.07) is 2.23. The van der Waals surface area contributed by atoms with Gasteiger partial charge in [0, 0.05) is 19.1 Å². The highest BCUT2D eigenvalue weighted by molar-refractivity contribution is 7.20. The molecule has 0 spiro atoms. The fourth-order valence-corrected chi connectivity index (χ4v) is 4.05. The van der Waals surface area contributed by atoms with Crippen molar-refractivity contribution < 1.29 is 4.79 Å². The van der Waals surface area contributed by atoms with Gasteiger partial charge >= 0.3 is 0 Å². The van der Waals surface area contributed by atoms with E-state index in [-0.39, 0.29) is 18.3 Å². The predicted molar refractivity (Wildman–Crippen MR) is 91.2 cm³/mol. The summed E-state index contributed by atoms with van der Waals surface area (Å²) >= 11 is 13.2. The van der Waals surface area contributed by atoms with Gasteiger partial charge in [-0.3, -0.25) is 4.79 Å². The maximum atomic E-state index is 12.4. The molecule has 3 rings (SSSR count). The molecule has 118 valence electrons. The predicted octanol–water partition coefficient (Wildman–Crippen LogP) is 4.08. The summed E-state index contributed by atoms with van der Waals surface area (Å²) < 4.78 is 1.06. The molecule has 0 radical (unpaired) electrons. The Bertz CT molecular complexity index is 496. The van der Waals surface area contributed by atoms with E-state index >= 15 is 0 Å². The number of likely N-dealkylation sites (tertiary alicyclic amines) is 1. The van der Waals surface area contributed by atoms with Crippen LogP contribution in [0.2, 0.25) is 8.67 Å². The normalized spacial score (nSPS) is 19.4. The number of hydrogen-bond donors (Lipinski definition) is 1. The van der Waals surface area contributed by atoms with Crippen LogP contribution in [0.15, 0.2) is 6.07 Å². The van der Waals surface area contributed by atoms with Gasteiger partial charge in [0.25, 0.3) is 5.91 Å². The summed E-state index contributed by atoms with van der Waals surface area (Å²) in [7, 11) is 0. The van der Waals surface area contributed by atoms with Gasteiger partial charge in [0.1, 0.15) is 4.34 Å². The van der Waals surface area contributed by atoms with Gasteiger partial charge in [0.2, 0.25) is 0 Å². The van der Waals surface area contributed by atoms with E-state index in [1.807, 2.05) is 4.90 Å². The molecule has 1 saturated heterocycles. The number of thiophene rings is 1. The number of piperidine rings is 1. The average Bonchev–Trinajstić information content (AvgIpc) is 3.21. The first-order valence-corrected chi connectivity index (χ1v) is 8.68. The molecule has 2 fully saturated rings. The van der Waals surface area contributed by atoms with Crippen LogP contribution in [-0.2, 0) is 0 Å². The summed E-state index contributed by atoms with van der Waals surface area (Å²) in [5.74, 6) is 0.917. The Labute approximate surface area is 145 Å². The second kappa shape index (κ2) is 7.51. The SMILES string of the molecule is Cl.O=C(c1cc(Cl)sc1Cl)N1CCC(NCC2CC2)CC1. The first-order valence-electron chi connectivity index (χ1n) is 7.11. The Morgan fingerprint density at radius 1 is 1.29 bits per heavy atom. The quantitative estimate of drug-likeness (QED) is 0.867. The van der Waals surface area contributed by atoms with Gasteiger partial charge in [-0.2, -0.15) is 0 Å². The van der Waals surface area contributed by atoms with Gasteiger partial charge in [-0.05, 0) is 44.2 Å². The van der Waals surface area contributed by atoms with Crippen LogP contribution in [0, 0.1) is 5.92 Å². The summed E-state index contributed by atoms with van der Waals surface area (Å²) in [4.78, 5) is 14.3. The van der Waals surface area contributed by atoms with Crippen molar-refractivity contribution >= 4 is 52.9 Å². The first kappa shape index (κ1) is 17.4. The Hall–Kier alpha value is -0.000000000000000104. The van der Waals surface area contributed by atoms with Crippen molar-refractivity contribution in [1.29, 1.82) is 0 Å². The second-order valence-corrected chi connectivity index (χ2v) is 7.94. The monoisotopic (exact) mass is 368 g/mol. The maximum absolute atomic E-state index is 12.4.